The van der Waals surface area contributed by atoms with Crippen LogP contribution in [0.4, 0.5) is 34.1 Å². The first-order valence-electron chi connectivity index (χ1n) is 48.5. The van der Waals surface area contributed by atoms with Gasteiger partial charge < -0.3 is 18.9 Å². The molecule has 0 radical (unpaired) electrons. The summed E-state index contributed by atoms with van der Waals surface area (Å²) in [6.07, 6.45) is 0. The predicted octanol–water partition coefficient (Wildman–Crippen LogP) is 39.4. The molecular weight excluding hydrogens is 1810 g/mol. The zero-order valence-corrected chi connectivity index (χ0v) is 80.6. The van der Waals surface area contributed by atoms with Crippen molar-refractivity contribution in [1.82, 2.24) is 9.13 Å². The van der Waals surface area contributed by atoms with Gasteiger partial charge in [-0.1, -0.05) is 315 Å². The van der Waals surface area contributed by atoms with Gasteiger partial charge in [-0.3, -0.25) is 0 Å². The van der Waals surface area contributed by atoms with Crippen molar-refractivity contribution in [2.24, 2.45) is 0 Å². The Labute approximate surface area is 838 Å². The van der Waals surface area contributed by atoms with E-state index in [-0.39, 0.29) is 0 Å². The average molecular weight is 1890 g/mol. The van der Waals surface area contributed by atoms with E-state index >= 15 is 0 Å². The Morgan fingerprint density at radius 3 is 0.866 bits per heavy atom. The molecule has 22 aromatic carbocycles. The lowest BCUT2D eigenvalue weighted by Gasteiger charge is -2.32. The fourth-order valence-electron chi connectivity index (χ4n) is 23.8. The maximum atomic E-state index is 2.54. The highest BCUT2D eigenvalue weighted by Crippen LogP contribution is 2.64. The summed E-state index contributed by atoms with van der Waals surface area (Å²) in [4.78, 5) is 4.87. The molecule has 4 nitrogen and oxygen atoms in total. The van der Waals surface area contributed by atoms with E-state index in [1.807, 2.05) is 56.7 Å². The minimum absolute atomic E-state index is 0.454. The first-order valence-corrected chi connectivity index (χ1v) is 52.5. The van der Waals surface area contributed by atoms with Crippen molar-refractivity contribution in [2.75, 3.05) is 9.80 Å². The van der Waals surface area contributed by atoms with Gasteiger partial charge in [-0.25, -0.2) is 0 Å². The predicted molar refractivity (Wildman–Crippen MR) is 613 cm³/mol. The van der Waals surface area contributed by atoms with Gasteiger partial charge in [0.1, 0.15) is 0 Å². The Kier molecular flexibility index (Phi) is 18.4. The first-order chi connectivity index (χ1) is 70.4. The van der Waals surface area contributed by atoms with E-state index in [0.717, 1.165) is 34.1 Å². The van der Waals surface area contributed by atoms with Gasteiger partial charge in [-0.05, 0) is 248 Å². The lowest BCUT2D eigenvalue weighted by Crippen LogP contribution is -2.26. The third kappa shape index (κ3) is 12.4. The normalized spacial score (nSPS) is 12.6. The van der Waals surface area contributed by atoms with E-state index in [2.05, 4.69) is 504 Å². The molecule has 0 fully saturated rings. The number of nitrogens with zero attached hydrogens (tertiary/aromatic N) is 4. The van der Waals surface area contributed by atoms with Crippen LogP contribution in [0.3, 0.4) is 0 Å². The highest BCUT2D eigenvalue weighted by atomic mass is 32.1. The van der Waals surface area contributed by atoms with E-state index in [4.69, 9.17) is 0 Å². The number of fused-ring (bicyclic) bond motifs is 33. The maximum Gasteiger partial charge on any atom is 0.0726 e. The van der Waals surface area contributed by atoms with Crippen LogP contribution in [0, 0.1) is 0 Å². The SMILES string of the molecule is c1ccc(-c2ccc(N(c3ccc(-c4cc5c6ccccc6n(-c6ccc7sc8ccccc8c7c6)c5c5c4sc4ccccc45)cc3)c3ccc4c(c3)C3(c5ccccc5-c5ccccc53)c3ccccc3-4)cc2)cc1.c1ccc(-c2ccc(N(c3ccc(-c4cc5c6ccccc6n(-c6ccc7sc8ccccc8c7c6)c5c5c4sc4ccccc45)cc3)c3ccc4sc5ccccc5c4c3)cc2)cc1. The summed E-state index contributed by atoms with van der Waals surface area (Å²) in [6.45, 7) is 0. The van der Waals surface area contributed by atoms with Gasteiger partial charge in [0.15, 0.2) is 0 Å². The van der Waals surface area contributed by atoms with Gasteiger partial charge in [0.25, 0.3) is 0 Å². The van der Waals surface area contributed by atoms with Crippen LogP contribution in [0.5, 0.6) is 0 Å². The smallest absolute Gasteiger partial charge is 0.0726 e. The minimum atomic E-state index is -0.454. The summed E-state index contributed by atoms with van der Waals surface area (Å²) in [5.41, 5.74) is 33.8. The zero-order chi connectivity index (χ0) is 92.9. The molecule has 29 aromatic rings. The number of aromatic nitrogens is 2. The largest absolute Gasteiger partial charge is 0.310 e. The highest BCUT2D eigenvalue weighted by molar-refractivity contribution is 7.28. The number of benzene rings is 22. The van der Waals surface area contributed by atoms with Crippen LogP contribution in [0.25, 0.3) is 223 Å². The van der Waals surface area contributed by atoms with Crippen molar-refractivity contribution >= 4 is 235 Å². The van der Waals surface area contributed by atoms with E-state index in [9.17, 15) is 0 Å². The van der Waals surface area contributed by atoms with Gasteiger partial charge in [0.05, 0.1) is 27.5 Å². The number of para-hydroxylation sites is 2. The number of hydrogen-bond donors (Lipinski definition) is 0. The Bertz CT molecular complexity index is 10200. The molecule has 0 amide bonds. The number of anilines is 6. The Balaban J connectivity index is 0.000000135. The second-order valence-electron chi connectivity index (χ2n) is 37.5. The van der Waals surface area contributed by atoms with Crippen LogP contribution in [-0.4, -0.2) is 9.13 Å². The third-order valence-electron chi connectivity index (χ3n) is 30.0. The number of thiophene rings is 5. The van der Waals surface area contributed by atoms with Crippen LogP contribution in [-0.2, 0) is 5.41 Å². The van der Waals surface area contributed by atoms with E-state index in [1.165, 1.54) is 245 Å². The molecule has 9 heteroatoms. The van der Waals surface area contributed by atoms with Gasteiger partial charge in [-0.15, -0.1) is 56.7 Å². The standard InChI is InChI=1S/C73H44N2S2.C60H36N2S3/c1-2-16-45(17-3-1)46-30-34-48(35-31-46)74(51-38-40-55-54-20-6-12-26-64(54)73(65(55)43-51)62-24-10-4-18-52(62)53-19-5-11-25-63(53)73)49-36-32-47(33-37-49)59-44-61-56-21-7-13-27-66(56)75(71(61)70-58-23-9-15-29-68(58)77-72(59)70)50-39-41-69-60(42-50)57-22-8-14-28-67(57)76-69;1-2-12-37(13-3-1)38-22-26-40(27-23-38)61(42-30-32-56-49(34-42)45-15-5-9-19-53(45)63-56)41-28-24-39(25-29-41)48-36-51-44-14-4-8-18-52(44)62(59(51)58-47-17-7-11-21-55(47)65-60(48)58)43-31-33-57-50(35-43)46-16-6-10-20-54(46)64-57/h1-44H;1-36H. The van der Waals surface area contributed by atoms with Gasteiger partial charge in [-0.2, -0.15) is 0 Å². The van der Waals surface area contributed by atoms with Crippen molar-refractivity contribution < 1.29 is 0 Å². The molecule has 662 valence electrons. The Hall–Kier alpha value is -16.9. The van der Waals surface area contributed by atoms with Gasteiger partial charge in [0.2, 0.25) is 0 Å². The molecule has 31 rings (SSSR count). The van der Waals surface area contributed by atoms with Crippen LogP contribution < -0.4 is 9.80 Å². The summed E-state index contributed by atoms with van der Waals surface area (Å²) in [5.74, 6) is 0. The molecule has 0 aliphatic heterocycles. The van der Waals surface area contributed by atoms with Gasteiger partial charge in [0, 0.05) is 179 Å². The summed E-state index contributed by atoms with van der Waals surface area (Å²) in [5, 5.41) is 18.1. The monoisotopic (exact) mass is 1890 g/mol. The second kappa shape index (κ2) is 32.1. The molecule has 7 aromatic heterocycles. The lowest BCUT2D eigenvalue weighted by molar-refractivity contribution is 0.793. The Morgan fingerprint density at radius 2 is 0.458 bits per heavy atom. The first kappa shape index (κ1) is 81.2. The molecule has 7 heterocycles. The molecule has 0 bridgehead atoms. The van der Waals surface area contributed by atoms with Crippen molar-refractivity contribution in [3.8, 4) is 78.1 Å². The van der Waals surface area contributed by atoms with Crippen molar-refractivity contribution in [1.29, 1.82) is 0 Å². The van der Waals surface area contributed by atoms with Crippen molar-refractivity contribution in [3.05, 3.63) is 508 Å². The van der Waals surface area contributed by atoms with Crippen LogP contribution in [0.15, 0.2) is 485 Å². The fourth-order valence-corrected chi connectivity index (χ4v) is 29.5. The average Bonchev–Trinajstić information content (AvgIpc) is 1.50. The molecule has 0 saturated carbocycles. The van der Waals surface area contributed by atoms with Gasteiger partial charge >= 0.3 is 0 Å². The van der Waals surface area contributed by atoms with E-state index in [0.29, 0.717) is 0 Å². The molecule has 142 heavy (non-hydrogen) atoms. The second-order valence-corrected chi connectivity index (χ2v) is 42.8. The summed E-state index contributed by atoms with van der Waals surface area (Å²) in [7, 11) is 0. The molecule has 2 aliphatic carbocycles. The number of rotatable bonds is 12. The van der Waals surface area contributed by atoms with Crippen molar-refractivity contribution in [2.45, 2.75) is 5.41 Å². The lowest BCUT2D eigenvalue weighted by atomic mass is 9.70. The molecule has 0 N–H and O–H groups in total. The van der Waals surface area contributed by atoms with Crippen LogP contribution >= 0.6 is 56.7 Å². The molecule has 2 aliphatic rings. The molecule has 1 spiro atoms. The number of hydrogen-bond acceptors (Lipinski definition) is 7. The molecular formula is C133H80N4S5. The summed E-state index contributed by atoms with van der Waals surface area (Å²) >= 11 is 9.41. The van der Waals surface area contributed by atoms with E-state index < -0.39 is 5.41 Å². The van der Waals surface area contributed by atoms with Crippen molar-refractivity contribution in [3.63, 3.8) is 0 Å². The third-order valence-corrected chi connectivity index (χ3v) is 35.9. The van der Waals surface area contributed by atoms with Crippen LogP contribution in [0.2, 0.25) is 0 Å². The Morgan fingerprint density at radius 1 is 0.169 bits per heavy atom. The highest BCUT2D eigenvalue weighted by Gasteiger charge is 2.52. The topological polar surface area (TPSA) is 16.3 Å². The minimum Gasteiger partial charge on any atom is -0.310 e. The summed E-state index contributed by atoms with van der Waals surface area (Å²) in [6, 6.07) is 181. The quantitative estimate of drug-likeness (QED) is 0.121. The summed E-state index contributed by atoms with van der Waals surface area (Å²) < 4.78 is 18.1. The molecule has 0 saturated heterocycles. The molecule has 0 atom stereocenters. The van der Waals surface area contributed by atoms with Crippen LogP contribution in [0.1, 0.15) is 22.3 Å². The van der Waals surface area contributed by atoms with E-state index in [1.54, 1.807) is 0 Å². The zero-order valence-electron chi connectivity index (χ0n) is 76.5. The maximum absolute atomic E-state index is 2.54. The fraction of sp³-hybridized carbons (Fsp3) is 0.00752. The molecule has 0 unspecified atom stereocenters.